The van der Waals surface area contributed by atoms with Gasteiger partial charge in [-0.05, 0) is 77.1 Å². The van der Waals surface area contributed by atoms with Crippen molar-refractivity contribution >= 4 is 58.0 Å². The van der Waals surface area contributed by atoms with Crippen molar-refractivity contribution in [1.82, 2.24) is 14.9 Å². The smallest absolute Gasteiger partial charge is 0.341 e. The van der Waals surface area contributed by atoms with Gasteiger partial charge in [-0.1, -0.05) is 90.8 Å². The molecule has 0 bridgehead atoms. The Morgan fingerprint density at radius 2 is 1.78 bits per heavy atom. The normalized spacial score (nSPS) is 12.0. The molecule has 0 aliphatic heterocycles. The average Bonchev–Trinajstić information content (AvgIpc) is 3.42. The Balaban J connectivity index is 1.25. The van der Waals surface area contributed by atoms with Gasteiger partial charge in [0.05, 0.1) is 10.7 Å². The van der Waals surface area contributed by atoms with Crippen LogP contribution in [0.1, 0.15) is 42.6 Å². The van der Waals surface area contributed by atoms with E-state index in [1.165, 1.54) is 16.3 Å². The second-order valence-corrected chi connectivity index (χ2v) is 11.6. The third-order valence-electron chi connectivity index (χ3n) is 7.49. The molecular weight excluding hydrogens is 609 g/mol. The summed E-state index contributed by atoms with van der Waals surface area (Å²) < 4.78 is 6.99. The largest absolute Gasteiger partial charge is 0.482 e. The number of aliphatic carboxylic acids is 1. The lowest BCUT2D eigenvalue weighted by atomic mass is 9.91. The van der Waals surface area contributed by atoms with Crippen molar-refractivity contribution in [3.05, 3.63) is 118 Å². The van der Waals surface area contributed by atoms with E-state index in [1.54, 1.807) is 41.1 Å². The Morgan fingerprint density at radius 1 is 1.00 bits per heavy atom. The maximum atomic E-state index is 13.0. The number of hydrogen-bond donors (Lipinski definition) is 2. The fourth-order valence-corrected chi connectivity index (χ4v) is 5.70. The van der Waals surface area contributed by atoms with E-state index < -0.39 is 12.6 Å². The second kappa shape index (κ2) is 14.9. The molecule has 230 valence electrons. The van der Waals surface area contributed by atoms with Gasteiger partial charge in [0, 0.05) is 23.3 Å². The number of carbonyl (C=O) groups is 2. The van der Waals surface area contributed by atoms with Crippen molar-refractivity contribution in [2.75, 3.05) is 13.2 Å². The lowest BCUT2D eigenvalue weighted by molar-refractivity contribution is -0.139. The molecule has 45 heavy (non-hydrogen) atoms. The first-order valence-corrected chi connectivity index (χ1v) is 15.4. The van der Waals surface area contributed by atoms with Gasteiger partial charge in [-0.25, -0.2) is 9.78 Å². The number of imidazole rings is 1. The van der Waals surface area contributed by atoms with Crippen LogP contribution in [0.15, 0.2) is 91.1 Å². The highest BCUT2D eigenvalue weighted by molar-refractivity contribution is 6.36. The third-order valence-corrected chi connectivity index (χ3v) is 8.03. The maximum Gasteiger partial charge on any atom is 0.341 e. The van der Waals surface area contributed by atoms with Crippen molar-refractivity contribution in [2.45, 2.75) is 32.2 Å². The predicted molar refractivity (Wildman–Crippen MR) is 181 cm³/mol. The van der Waals surface area contributed by atoms with Gasteiger partial charge >= 0.3 is 5.97 Å². The number of hydrogen-bond acceptors (Lipinski definition) is 4. The SMILES string of the molecule is CC(CCCNC(=O)Cn1cc(-c2ccc(Cl)cc2Cl)nc1/C=C/c1ccc(OCC(=O)O)cc1)c1cccc2ccccc12. The quantitative estimate of drug-likeness (QED) is 0.126. The number of benzene rings is 4. The topological polar surface area (TPSA) is 93.5 Å². The van der Waals surface area contributed by atoms with Crippen LogP contribution in [0.5, 0.6) is 5.75 Å². The van der Waals surface area contributed by atoms with Crippen LogP contribution >= 0.6 is 23.2 Å². The summed E-state index contributed by atoms with van der Waals surface area (Å²) >= 11 is 12.6. The van der Waals surface area contributed by atoms with Crippen LogP contribution in [-0.4, -0.2) is 39.7 Å². The summed E-state index contributed by atoms with van der Waals surface area (Å²) in [4.78, 5) is 28.6. The minimum Gasteiger partial charge on any atom is -0.482 e. The molecule has 0 aliphatic carbocycles. The third kappa shape index (κ3) is 8.53. The van der Waals surface area contributed by atoms with Crippen LogP contribution in [0.3, 0.4) is 0 Å². The summed E-state index contributed by atoms with van der Waals surface area (Å²) in [6, 6.07) is 27.1. The zero-order valence-electron chi connectivity index (χ0n) is 24.8. The highest BCUT2D eigenvalue weighted by Gasteiger charge is 2.14. The van der Waals surface area contributed by atoms with Crippen LogP contribution in [0.2, 0.25) is 10.0 Å². The minimum atomic E-state index is -1.04. The van der Waals surface area contributed by atoms with Crippen molar-refractivity contribution in [3.63, 3.8) is 0 Å². The number of nitrogens with zero attached hydrogens (tertiary/aromatic N) is 2. The summed E-state index contributed by atoms with van der Waals surface area (Å²) in [6.45, 7) is 2.47. The average molecular weight is 643 g/mol. The van der Waals surface area contributed by atoms with E-state index >= 15 is 0 Å². The zero-order chi connectivity index (χ0) is 31.8. The number of amides is 1. The fourth-order valence-electron chi connectivity index (χ4n) is 5.19. The van der Waals surface area contributed by atoms with E-state index in [2.05, 4.69) is 54.7 Å². The Hall–Kier alpha value is -4.59. The summed E-state index contributed by atoms with van der Waals surface area (Å²) in [5.74, 6) is 0.235. The van der Waals surface area contributed by atoms with Gasteiger partial charge in [-0.2, -0.15) is 0 Å². The molecule has 1 unspecified atom stereocenters. The van der Waals surface area contributed by atoms with Crippen LogP contribution in [0.4, 0.5) is 0 Å². The van der Waals surface area contributed by atoms with Gasteiger partial charge in [0.25, 0.3) is 0 Å². The number of carboxylic acids is 1. The lowest BCUT2D eigenvalue weighted by Gasteiger charge is -2.15. The summed E-state index contributed by atoms with van der Waals surface area (Å²) in [7, 11) is 0. The van der Waals surface area contributed by atoms with E-state index in [0.717, 1.165) is 18.4 Å². The number of rotatable bonds is 13. The Kier molecular flexibility index (Phi) is 10.6. The van der Waals surface area contributed by atoms with Crippen molar-refractivity contribution in [2.24, 2.45) is 0 Å². The molecule has 4 aromatic carbocycles. The van der Waals surface area contributed by atoms with Gasteiger partial charge in [0.15, 0.2) is 6.61 Å². The Morgan fingerprint density at radius 3 is 2.56 bits per heavy atom. The van der Waals surface area contributed by atoms with Crippen LogP contribution in [0.25, 0.3) is 34.2 Å². The van der Waals surface area contributed by atoms with Crippen LogP contribution in [0, 0.1) is 0 Å². The molecule has 2 N–H and O–H groups in total. The van der Waals surface area contributed by atoms with Crippen molar-refractivity contribution < 1.29 is 19.4 Å². The molecule has 1 amide bonds. The molecular formula is C36H33Cl2N3O4. The van der Waals surface area contributed by atoms with Gasteiger partial charge in [-0.3, -0.25) is 4.79 Å². The molecule has 0 radical (unpaired) electrons. The predicted octanol–water partition coefficient (Wildman–Crippen LogP) is 8.34. The second-order valence-electron chi connectivity index (χ2n) is 10.8. The number of ether oxygens (including phenoxy) is 1. The molecule has 1 heterocycles. The molecule has 0 fully saturated rings. The molecule has 5 rings (SSSR count). The first kappa shape index (κ1) is 31.8. The number of carbonyl (C=O) groups excluding carboxylic acids is 1. The maximum absolute atomic E-state index is 13.0. The van der Waals surface area contributed by atoms with E-state index in [9.17, 15) is 9.59 Å². The molecule has 9 heteroatoms. The first-order chi connectivity index (χ1) is 21.8. The van der Waals surface area contributed by atoms with Crippen molar-refractivity contribution in [1.29, 1.82) is 0 Å². The minimum absolute atomic E-state index is 0.0821. The highest BCUT2D eigenvalue weighted by Crippen LogP contribution is 2.31. The number of carboxylic acid groups (broad SMARTS) is 1. The molecule has 1 atom stereocenters. The van der Waals surface area contributed by atoms with Crippen LogP contribution < -0.4 is 10.1 Å². The molecule has 1 aromatic heterocycles. The molecule has 0 saturated carbocycles. The Labute approximate surface area is 272 Å². The van der Waals surface area contributed by atoms with E-state index in [0.29, 0.717) is 45.3 Å². The molecule has 0 spiro atoms. The monoisotopic (exact) mass is 641 g/mol. The van der Waals surface area contributed by atoms with E-state index in [-0.39, 0.29) is 12.5 Å². The molecule has 7 nitrogen and oxygen atoms in total. The number of halogens is 2. The number of nitrogens with one attached hydrogen (secondary N) is 1. The zero-order valence-corrected chi connectivity index (χ0v) is 26.3. The van der Waals surface area contributed by atoms with Gasteiger partial charge in [0.1, 0.15) is 18.1 Å². The fraction of sp³-hybridized carbons (Fsp3) is 0.194. The standard InChI is InChI=1S/C36H33Cl2N3O4/c1-24(29-10-4-8-26-7-2-3-9-30(26)29)6-5-19-39-35(42)22-41-21-33(31-17-14-27(37)20-32(31)38)40-34(41)18-13-25-11-15-28(16-12-25)45-23-36(43)44/h2-4,7-18,20-21,24H,5-6,19,22-23H2,1H3,(H,39,42)(H,43,44)/b18-13+. The van der Waals surface area contributed by atoms with Gasteiger partial charge in [-0.15, -0.1) is 0 Å². The summed E-state index contributed by atoms with van der Waals surface area (Å²) in [5, 5.41) is 15.4. The van der Waals surface area contributed by atoms with Gasteiger partial charge < -0.3 is 19.7 Å². The Bertz CT molecular complexity index is 1830. The highest BCUT2D eigenvalue weighted by atomic mass is 35.5. The van der Waals surface area contributed by atoms with Crippen LogP contribution in [-0.2, 0) is 16.1 Å². The molecule has 5 aromatic rings. The first-order valence-electron chi connectivity index (χ1n) is 14.7. The lowest BCUT2D eigenvalue weighted by Crippen LogP contribution is -2.28. The van der Waals surface area contributed by atoms with Crippen molar-refractivity contribution in [3.8, 4) is 17.0 Å². The number of aromatic nitrogens is 2. The van der Waals surface area contributed by atoms with E-state index in [1.807, 2.05) is 24.3 Å². The molecule has 0 aliphatic rings. The number of fused-ring (bicyclic) bond motifs is 1. The summed E-state index contributed by atoms with van der Waals surface area (Å²) in [6.07, 6.45) is 7.29. The van der Waals surface area contributed by atoms with E-state index in [4.69, 9.17) is 38.0 Å². The summed E-state index contributed by atoms with van der Waals surface area (Å²) in [5.41, 5.74) is 3.50. The molecule has 0 saturated heterocycles. The van der Waals surface area contributed by atoms with Gasteiger partial charge in [0.2, 0.25) is 5.91 Å².